The molecule has 4 nitrogen and oxygen atoms in total. The fourth-order valence-electron chi connectivity index (χ4n) is 1.93. The van der Waals surface area contributed by atoms with Gasteiger partial charge in [-0.1, -0.05) is 12.1 Å². The van der Waals surface area contributed by atoms with E-state index in [0.29, 0.717) is 0 Å². The van der Waals surface area contributed by atoms with Crippen LogP contribution in [0.5, 0.6) is 0 Å². The number of sulfone groups is 1. The predicted octanol–water partition coefficient (Wildman–Crippen LogP) is 2.02. The molecule has 1 heterocycles. The molecule has 6 heteroatoms. The van der Waals surface area contributed by atoms with E-state index < -0.39 is 21.6 Å². The first-order chi connectivity index (χ1) is 8.85. The van der Waals surface area contributed by atoms with Crippen molar-refractivity contribution in [1.82, 2.24) is 0 Å². The SMILES string of the molecule is Cc1ccc(NC(=O)C[C@H]2C=CS(=O)(=O)C2)c(F)c1. The van der Waals surface area contributed by atoms with E-state index in [2.05, 4.69) is 5.32 Å². The van der Waals surface area contributed by atoms with Crippen LogP contribution in [0.3, 0.4) is 0 Å². The van der Waals surface area contributed by atoms with E-state index in [0.717, 1.165) is 11.0 Å². The lowest BCUT2D eigenvalue weighted by atomic mass is 10.1. The highest BCUT2D eigenvalue weighted by Crippen LogP contribution is 2.20. The molecule has 1 amide bonds. The van der Waals surface area contributed by atoms with Gasteiger partial charge in [0.15, 0.2) is 9.84 Å². The third-order valence-electron chi connectivity index (χ3n) is 2.85. The first-order valence-electron chi connectivity index (χ1n) is 5.83. The number of amides is 1. The van der Waals surface area contributed by atoms with Crippen molar-refractivity contribution in [1.29, 1.82) is 0 Å². The fraction of sp³-hybridized carbons (Fsp3) is 0.308. The van der Waals surface area contributed by atoms with E-state index in [1.807, 2.05) is 0 Å². The van der Waals surface area contributed by atoms with Crippen LogP contribution in [0.4, 0.5) is 10.1 Å². The molecule has 1 aromatic rings. The predicted molar refractivity (Wildman–Crippen MR) is 70.8 cm³/mol. The van der Waals surface area contributed by atoms with Gasteiger partial charge in [0, 0.05) is 17.7 Å². The monoisotopic (exact) mass is 283 g/mol. The Hall–Kier alpha value is -1.69. The first-order valence-corrected chi connectivity index (χ1v) is 7.54. The van der Waals surface area contributed by atoms with Gasteiger partial charge >= 0.3 is 0 Å². The van der Waals surface area contributed by atoms with Gasteiger partial charge in [-0.3, -0.25) is 4.79 Å². The van der Waals surface area contributed by atoms with Crippen LogP contribution in [0, 0.1) is 18.7 Å². The zero-order valence-electron chi connectivity index (χ0n) is 10.4. The number of anilines is 1. The maximum atomic E-state index is 13.5. The third-order valence-corrected chi connectivity index (χ3v) is 4.32. The van der Waals surface area contributed by atoms with Gasteiger partial charge in [-0.05, 0) is 24.6 Å². The maximum absolute atomic E-state index is 13.5. The summed E-state index contributed by atoms with van der Waals surface area (Å²) in [5.74, 6) is -1.28. The van der Waals surface area contributed by atoms with Gasteiger partial charge in [0.1, 0.15) is 5.82 Å². The molecule has 0 bridgehead atoms. The number of carbonyl (C=O) groups excluding carboxylic acids is 1. The van der Waals surface area contributed by atoms with E-state index in [1.54, 1.807) is 13.0 Å². The number of halogens is 1. The topological polar surface area (TPSA) is 63.2 Å². The van der Waals surface area contributed by atoms with Crippen LogP contribution in [0.15, 0.2) is 29.7 Å². The van der Waals surface area contributed by atoms with Crippen molar-refractivity contribution in [2.45, 2.75) is 13.3 Å². The van der Waals surface area contributed by atoms with Crippen molar-refractivity contribution < 1.29 is 17.6 Å². The average Bonchev–Trinajstić information content (AvgIpc) is 2.62. The quantitative estimate of drug-likeness (QED) is 0.923. The van der Waals surface area contributed by atoms with Crippen LogP contribution in [-0.4, -0.2) is 20.1 Å². The van der Waals surface area contributed by atoms with Gasteiger partial charge in [-0.25, -0.2) is 12.8 Å². The summed E-state index contributed by atoms with van der Waals surface area (Å²) in [6.07, 6.45) is 1.53. The number of benzene rings is 1. The second-order valence-electron chi connectivity index (χ2n) is 4.65. The molecule has 0 radical (unpaired) electrons. The number of hydrogen-bond acceptors (Lipinski definition) is 3. The molecule has 0 aromatic heterocycles. The molecule has 0 aliphatic carbocycles. The second kappa shape index (κ2) is 5.13. The zero-order chi connectivity index (χ0) is 14.0. The summed E-state index contributed by atoms with van der Waals surface area (Å²) in [4.78, 5) is 11.7. The minimum atomic E-state index is -3.16. The fourth-order valence-corrected chi connectivity index (χ4v) is 3.33. The van der Waals surface area contributed by atoms with Gasteiger partial charge in [0.2, 0.25) is 5.91 Å². The van der Waals surface area contributed by atoms with Gasteiger partial charge in [0.05, 0.1) is 11.4 Å². The van der Waals surface area contributed by atoms with Crippen molar-refractivity contribution >= 4 is 21.4 Å². The Labute approximate surface area is 111 Å². The van der Waals surface area contributed by atoms with Crippen LogP contribution in [0.2, 0.25) is 0 Å². The Bertz CT molecular complexity index is 637. The largest absolute Gasteiger partial charge is 0.324 e. The van der Waals surface area contributed by atoms with E-state index in [4.69, 9.17) is 0 Å². The van der Waals surface area contributed by atoms with Crippen LogP contribution >= 0.6 is 0 Å². The number of allylic oxidation sites excluding steroid dienone is 1. The van der Waals surface area contributed by atoms with Gasteiger partial charge in [-0.15, -0.1) is 0 Å². The molecule has 1 N–H and O–H groups in total. The molecule has 102 valence electrons. The van der Waals surface area contributed by atoms with Crippen molar-refractivity contribution in [2.75, 3.05) is 11.1 Å². The van der Waals surface area contributed by atoms with Crippen LogP contribution in [0.1, 0.15) is 12.0 Å². The summed E-state index contributed by atoms with van der Waals surface area (Å²) in [5, 5.41) is 3.57. The zero-order valence-corrected chi connectivity index (χ0v) is 11.2. The van der Waals surface area contributed by atoms with Crippen molar-refractivity contribution in [2.24, 2.45) is 5.92 Å². The molecule has 1 aromatic carbocycles. The smallest absolute Gasteiger partial charge is 0.225 e. The highest BCUT2D eigenvalue weighted by Gasteiger charge is 2.24. The van der Waals surface area contributed by atoms with Crippen LogP contribution in [-0.2, 0) is 14.6 Å². The summed E-state index contributed by atoms with van der Waals surface area (Å²) in [6.45, 7) is 1.75. The third kappa shape index (κ3) is 3.64. The molecule has 0 saturated carbocycles. The molecule has 1 aliphatic heterocycles. The van der Waals surface area contributed by atoms with Gasteiger partial charge in [-0.2, -0.15) is 0 Å². The van der Waals surface area contributed by atoms with Crippen LogP contribution < -0.4 is 5.32 Å². The molecule has 0 saturated heterocycles. The summed E-state index contributed by atoms with van der Waals surface area (Å²) in [7, 11) is -3.16. The summed E-state index contributed by atoms with van der Waals surface area (Å²) in [5.41, 5.74) is 0.876. The Morgan fingerprint density at radius 3 is 2.79 bits per heavy atom. The standard InChI is InChI=1S/C13H14FNO3S/c1-9-2-3-12(11(14)6-9)15-13(16)7-10-4-5-19(17,18)8-10/h2-6,10H,7-8H2,1H3,(H,15,16)/t10-/m1/s1. The number of carbonyl (C=O) groups is 1. The van der Waals surface area contributed by atoms with Gasteiger partial charge < -0.3 is 5.32 Å². The molecule has 0 fully saturated rings. The lowest BCUT2D eigenvalue weighted by Crippen LogP contribution is -2.18. The molecular formula is C13H14FNO3S. The summed E-state index contributed by atoms with van der Waals surface area (Å²) in [6, 6.07) is 4.51. The number of hydrogen-bond donors (Lipinski definition) is 1. The molecule has 0 unspecified atom stereocenters. The van der Waals surface area contributed by atoms with E-state index >= 15 is 0 Å². The number of aryl methyl sites for hydroxylation is 1. The molecule has 1 atom stereocenters. The van der Waals surface area contributed by atoms with Crippen molar-refractivity contribution in [3.8, 4) is 0 Å². The Kier molecular flexibility index (Phi) is 3.71. The maximum Gasteiger partial charge on any atom is 0.225 e. The normalized spacial score (nSPS) is 20.4. The van der Waals surface area contributed by atoms with E-state index in [1.165, 1.54) is 18.2 Å². The highest BCUT2D eigenvalue weighted by molar-refractivity contribution is 7.94. The average molecular weight is 283 g/mol. The van der Waals surface area contributed by atoms with E-state index in [-0.39, 0.29) is 23.8 Å². The van der Waals surface area contributed by atoms with E-state index in [9.17, 15) is 17.6 Å². The Morgan fingerprint density at radius 2 is 2.21 bits per heavy atom. The van der Waals surface area contributed by atoms with Crippen molar-refractivity contribution in [3.63, 3.8) is 0 Å². The molecule has 19 heavy (non-hydrogen) atoms. The molecular weight excluding hydrogens is 269 g/mol. The first kappa shape index (κ1) is 13.7. The Morgan fingerprint density at radius 1 is 1.47 bits per heavy atom. The van der Waals surface area contributed by atoms with Crippen molar-refractivity contribution in [3.05, 3.63) is 41.1 Å². The molecule has 1 aliphatic rings. The second-order valence-corrected chi connectivity index (χ2v) is 6.58. The minimum Gasteiger partial charge on any atom is -0.324 e. The summed E-state index contributed by atoms with van der Waals surface area (Å²) >= 11 is 0. The molecule has 2 rings (SSSR count). The number of rotatable bonds is 3. The summed E-state index contributed by atoms with van der Waals surface area (Å²) < 4.78 is 35.9. The lowest BCUT2D eigenvalue weighted by molar-refractivity contribution is -0.116. The highest BCUT2D eigenvalue weighted by atomic mass is 32.2. The number of nitrogens with one attached hydrogen (secondary N) is 1. The minimum absolute atomic E-state index is 0.0308. The van der Waals surface area contributed by atoms with Crippen LogP contribution in [0.25, 0.3) is 0 Å². The Balaban J connectivity index is 1.97. The molecule has 0 spiro atoms. The van der Waals surface area contributed by atoms with Gasteiger partial charge in [0.25, 0.3) is 0 Å². The lowest BCUT2D eigenvalue weighted by Gasteiger charge is -2.09.